The summed E-state index contributed by atoms with van der Waals surface area (Å²) in [6.07, 6.45) is -1.61. The summed E-state index contributed by atoms with van der Waals surface area (Å²) >= 11 is 0. The topological polar surface area (TPSA) is 113 Å². The highest BCUT2D eigenvalue weighted by Gasteiger charge is 2.43. The number of ether oxygens (including phenoxy) is 2. The maximum absolute atomic E-state index is 13.2. The first-order chi connectivity index (χ1) is 12.8. The summed E-state index contributed by atoms with van der Waals surface area (Å²) in [5.74, 6) is -1.54. The summed E-state index contributed by atoms with van der Waals surface area (Å²) in [4.78, 5) is 10.9. The van der Waals surface area contributed by atoms with Crippen LogP contribution in [0.3, 0.4) is 0 Å². The lowest BCUT2D eigenvalue weighted by atomic mass is 9.96. The highest BCUT2D eigenvalue weighted by molar-refractivity contribution is 7.89. The molecule has 0 bridgehead atoms. The third-order valence-corrected chi connectivity index (χ3v) is 6.66. The quantitative estimate of drug-likeness (QED) is 0.757. The fraction of sp³-hybridized carbons (Fsp3) is 0.588. The van der Waals surface area contributed by atoms with Crippen molar-refractivity contribution in [3.63, 3.8) is 0 Å². The molecule has 2 aliphatic heterocycles. The molecule has 2 heterocycles. The summed E-state index contributed by atoms with van der Waals surface area (Å²) < 4.78 is 51.8. The van der Waals surface area contributed by atoms with Gasteiger partial charge in [0.25, 0.3) is 0 Å². The average molecular weight is 403 g/mol. The van der Waals surface area contributed by atoms with Crippen LogP contribution in [0.5, 0.6) is 0 Å². The fourth-order valence-corrected chi connectivity index (χ4v) is 5.22. The number of carbonyl (C=O) groups is 1. The Balaban J connectivity index is 1.89. The molecule has 2 aliphatic rings. The molecule has 0 aliphatic carbocycles. The molecule has 150 valence electrons. The first-order valence-corrected chi connectivity index (χ1v) is 10.1. The van der Waals surface area contributed by atoms with Crippen LogP contribution in [0.15, 0.2) is 29.2 Å². The summed E-state index contributed by atoms with van der Waals surface area (Å²) in [5.41, 5.74) is 0. The Morgan fingerprint density at radius 3 is 2.59 bits per heavy atom. The summed E-state index contributed by atoms with van der Waals surface area (Å²) in [6, 6.07) is 3.87. The van der Waals surface area contributed by atoms with Gasteiger partial charge in [0.05, 0.1) is 48.9 Å². The van der Waals surface area contributed by atoms with E-state index in [4.69, 9.17) is 14.6 Å². The number of nitrogens with zero attached hydrogens (tertiary/aromatic N) is 1. The van der Waals surface area contributed by atoms with Crippen molar-refractivity contribution in [2.24, 2.45) is 0 Å². The number of aliphatic hydroxyl groups excluding tert-OH is 1. The maximum atomic E-state index is 13.2. The van der Waals surface area contributed by atoms with Crippen molar-refractivity contribution in [1.29, 1.82) is 0 Å². The standard InChI is InChI=1S/C17H22FNO7S/c18-11-1-4-14(5-2-11)27(23,24)19-8-12(20)9-25-10-16-15(19)6-3-13(26-16)7-17(21)22/h1-2,4-5,12-13,15-16,20H,3,6-10H2,(H,21,22)/t12-,13-,15+,16-/m0/s1. The van der Waals surface area contributed by atoms with Gasteiger partial charge in [0.1, 0.15) is 5.82 Å². The average Bonchev–Trinajstić information content (AvgIpc) is 2.58. The van der Waals surface area contributed by atoms with Crippen LogP contribution >= 0.6 is 0 Å². The highest BCUT2D eigenvalue weighted by atomic mass is 32.2. The predicted octanol–water partition coefficient (Wildman–Crippen LogP) is 0.598. The maximum Gasteiger partial charge on any atom is 0.305 e. The molecule has 2 saturated heterocycles. The van der Waals surface area contributed by atoms with E-state index >= 15 is 0 Å². The van der Waals surface area contributed by atoms with Gasteiger partial charge in [-0.3, -0.25) is 4.79 Å². The molecule has 8 nitrogen and oxygen atoms in total. The zero-order chi connectivity index (χ0) is 19.6. The number of β-amino-alcohol motifs (C(OH)–C–C–N with tert-alkyl or cyclic N) is 1. The predicted molar refractivity (Wildman–Crippen MR) is 91.1 cm³/mol. The number of carboxylic acids is 1. The molecule has 1 aromatic rings. The van der Waals surface area contributed by atoms with Gasteiger partial charge in [-0.05, 0) is 37.1 Å². The number of sulfonamides is 1. The molecule has 0 spiro atoms. The van der Waals surface area contributed by atoms with Gasteiger partial charge in [0.15, 0.2) is 0 Å². The van der Waals surface area contributed by atoms with Crippen molar-refractivity contribution >= 4 is 16.0 Å². The molecule has 27 heavy (non-hydrogen) atoms. The molecule has 10 heteroatoms. The fourth-order valence-electron chi connectivity index (χ4n) is 3.51. The Hall–Kier alpha value is -1.59. The summed E-state index contributed by atoms with van der Waals surface area (Å²) in [6.45, 7) is -0.202. The van der Waals surface area contributed by atoms with Crippen molar-refractivity contribution in [1.82, 2.24) is 4.31 Å². The van der Waals surface area contributed by atoms with Gasteiger partial charge in [0.2, 0.25) is 10.0 Å². The third kappa shape index (κ3) is 4.64. The van der Waals surface area contributed by atoms with Crippen LogP contribution in [0.4, 0.5) is 4.39 Å². The first-order valence-electron chi connectivity index (χ1n) is 8.68. The molecule has 0 radical (unpaired) electrons. The Kier molecular flexibility index (Phi) is 6.11. The lowest BCUT2D eigenvalue weighted by Gasteiger charge is -2.43. The van der Waals surface area contributed by atoms with Crippen molar-refractivity contribution in [3.05, 3.63) is 30.1 Å². The normalized spacial score (nSPS) is 30.1. The van der Waals surface area contributed by atoms with Crippen molar-refractivity contribution in [2.75, 3.05) is 19.8 Å². The van der Waals surface area contributed by atoms with Crippen LogP contribution in [0.25, 0.3) is 0 Å². The lowest BCUT2D eigenvalue weighted by Crippen LogP contribution is -2.57. The number of aliphatic carboxylic acids is 1. The minimum absolute atomic E-state index is 0.0489. The monoisotopic (exact) mass is 403 g/mol. The number of halogens is 1. The van der Waals surface area contributed by atoms with Crippen LogP contribution in [-0.4, -0.2) is 73.0 Å². The highest BCUT2D eigenvalue weighted by Crippen LogP contribution is 2.31. The number of hydrogen-bond donors (Lipinski definition) is 2. The van der Waals surface area contributed by atoms with E-state index in [0.717, 1.165) is 12.1 Å². The number of fused-ring (bicyclic) bond motifs is 1. The van der Waals surface area contributed by atoms with E-state index in [1.165, 1.54) is 16.4 Å². The Labute approximate surface area is 156 Å². The van der Waals surface area contributed by atoms with Gasteiger partial charge < -0.3 is 19.7 Å². The number of carboxylic acid groups (broad SMARTS) is 1. The number of rotatable bonds is 4. The van der Waals surface area contributed by atoms with Gasteiger partial charge in [-0.25, -0.2) is 12.8 Å². The second-order valence-corrected chi connectivity index (χ2v) is 8.65. The molecule has 2 fully saturated rings. The van der Waals surface area contributed by atoms with Gasteiger partial charge in [-0.2, -0.15) is 4.31 Å². The van der Waals surface area contributed by atoms with E-state index in [9.17, 15) is 22.7 Å². The molecule has 2 N–H and O–H groups in total. The summed E-state index contributed by atoms with van der Waals surface area (Å²) in [7, 11) is -4.01. The van der Waals surface area contributed by atoms with Crippen LogP contribution in [0.1, 0.15) is 19.3 Å². The van der Waals surface area contributed by atoms with E-state index in [1.807, 2.05) is 0 Å². The summed E-state index contributed by atoms with van der Waals surface area (Å²) in [5, 5.41) is 19.1. The van der Waals surface area contributed by atoms with E-state index in [0.29, 0.717) is 12.8 Å². The molecule has 0 saturated carbocycles. The molecule has 4 atom stereocenters. The van der Waals surface area contributed by atoms with Crippen LogP contribution in [-0.2, 0) is 24.3 Å². The molecule has 0 aromatic heterocycles. The van der Waals surface area contributed by atoms with E-state index in [2.05, 4.69) is 0 Å². The molecular formula is C17H22FNO7S. The number of aliphatic hydroxyl groups is 1. The molecule has 3 rings (SSSR count). The second kappa shape index (κ2) is 8.19. The molecule has 0 amide bonds. The minimum atomic E-state index is -4.01. The minimum Gasteiger partial charge on any atom is -0.481 e. The van der Waals surface area contributed by atoms with Crippen LogP contribution in [0, 0.1) is 5.82 Å². The largest absolute Gasteiger partial charge is 0.481 e. The SMILES string of the molecule is O=C(O)C[C@@H]1CC[C@@H]2[C@H](COC[C@@H](O)CN2S(=O)(=O)c2ccc(F)cc2)O1. The van der Waals surface area contributed by atoms with E-state index in [-0.39, 0.29) is 31.1 Å². The van der Waals surface area contributed by atoms with Crippen molar-refractivity contribution in [3.8, 4) is 0 Å². The number of hydrogen-bond acceptors (Lipinski definition) is 6. The van der Waals surface area contributed by atoms with E-state index < -0.39 is 46.2 Å². The van der Waals surface area contributed by atoms with Gasteiger partial charge >= 0.3 is 5.97 Å². The first kappa shape index (κ1) is 20.2. The van der Waals surface area contributed by atoms with Crippen LogP contribution < -0.4 is 0 Å². The van der Waals surface area contributed by atoms with Gasteiger partial charge in [-0.1, -0.05) is 0 Å². The smallest absolute Gasteiger partial charge is 0.305 e. The van der Waals surface area contributed by atoms with Gasteiger partial charge in [-0.15, -0.1) is 0 Å². The third-order valence-electron chi connectivity index (χ3n) is 4.76. The molecule has 0 unspecified atom stereocenters. The molecular weight excluding hydrogens is 381 g/mol. The number of benzene rings is 1. The van der Waals surface area contributed by atoms with Crippen molar-refractivity contribution < 1.29 is 37.3 Å². The lowest BCUT2D eigenvalue weighted by molar-refractivity contribution is -0.155. The van der Waals surface area contributed by atoms with Crippen LogP contribution in [0.2, 0.25) is 0 Å². The van der Waals surface area contributed by atoms with Crippen molar-refractivity contribution in [2.45, 2.75) is 48.5 Å². The Morgan fingerprint density at radius 2 is 1.93 bits per heavy atom. The zero-order valence-electron chi connectivity index (χ0n) is 14.5. The van der Waals surface area contributed by atoms with Gasteiger partial charge in [0, 0.05) is 6.54 Å². The zero-order valence-corrected chi connectivity index (χ0v) is 15.3. The molecule has 1 aromatic carbocycles. The Bertz CT molecular complexity index is 770. The second-order valence-electron chi connectivity index (χ2n) is 6.76. The Morgan fingerprint density at radius 1 is 1.22 bits per heavy atom. The van der Waals surface area contributed by atoms with E-state index in [1.54, 1.807) is 0 Å².